The average Bonchev–Trinajstić information content (AvgIpc) is 3.16. The number of amides is 1. The van der Waals surface area contributed by atoms with Crippen molar-refractivity contribution >= 4 is 16.9 Å². The standard InChI is InChI=1S/C18H22FN5O2/c1-13-18-16(22(2)21-13)11-20-24(18)8-7-17(26)23(9-10-25)12-14-3-5-15(19)6-4-14/h3-6,11,25H,7-10,12H2,1-2H3. The Kier molecular flexibility index (Phi) is 5.32. The van der Waals surface area contributed by atoms with E-state index in [0.717, 1.165) is 22.3 Å². The number of hydrogen-bond acceptors (Lipinski definition) is 4. The Morgan fingerprint density at radius 2 is 2.04 bits per heavy atom. The van der Waals surface area contributed by atoms with Gasteiger partial charge in [0.15, 0.2) is 0 Å². The average molecular weight is 359 g/mol. The zero-order chi connectivity index (χ0) is 18.7. The molecule has 0 aliphatic rings. The largest absolute Gasteiger partial charge is 0.395 e. The quantitative estimate of drug-likeness (QED) is 0.696. The van der Waals surface area contributed by atoms with Crippen LogP contribution >= 0.6 is 0 Å². The van der Waals surface area contributed by atoms with Gasteiger partial charge in [0.2, 0.25) is 5.91 Å². The van der Waals surface area contributed by atoms with Gasteiger partial charge < -0.3 is 10.0 Å². The number of halogens is 1. The molecule has 1 N–H and O–H groups in total. The Labute approximate surface area is 150 Å². The van der Waals surface area contributed by atoms with E-state index in [-0.39, 0.29) is 31.3 Å². The molecule has 8 heteroatoms. The summed E-state index contributed by atoms with van der Waals surface area (Å²) in [5.74, 6) is -0.406. The van der Waals surface area contributed by atoms with Crippen molar-refractivity contribution in [2.75, 3.05) is 13.2 Å². The zero-order valence-electron chi connectivity index (χ0n) is 14.9. The molecular formula is C18H22FN5O2. The van der Waals surface area contributed by atoms with E-state index >= 15 is 0 Å². The minimum Gasteiger partial charge on any atom is -0.395 e. The first-order valence-corrected chi connectivity index (χ1v) is 8.48. The van der Waals surface area contributed by atoms with E-state index in [1.807, 2.05) is 14.0 Å². The molecule has 3 aromatic rings. The molecule has 0 radical (unpaired) electrons. The van der Waals surface area contributed by atoms with E-state index in [9.17, 15) is 14.3 Å². The van der Waals surface area contributed by atoms with Crippen molar-refractivity contribution in [3.8, 4) is 0 Å². The van der Waals surface area contributed by atoms with Crippen molar-refractivity contribution in [1.29, 1.82) is 0 Å². The minimum atomic E-state index is -0.316. The molecule has 7 nitrogen and oxygen atoms in total. The topological polar surface area (TPSA) is 76.2 Å². The highest BCUT2D eigenvalue weighted by molar-refractivity contribution is 5.78. The van der Waals surface area contributed by atoms with Crippen molar-refractivity contribution in [2.24, 2.45) is 7.05 Å². The maximum atomic E-state index is 13.0. The molecule has 0 aliphatic carbocycles. The highest BCUT2D eigenvalue weighted by Crippen LogP contribution is 2.17. The van der Waals surface area contributed by atoms with Crippen LogP contribution in [0.25, 0.3) is 11.0 Å². The molecule has 0 bridgehead atoms. The van der Waals surface area contributed by atoms with Crippen LogP contribution in [-0.4, -0.2) is 48.6 Å². The third-order valence-corrected chi connectivity index (χ3v) is 4.36. The van der Waals surface area contributed by atoms with E-state index in [4.69, 9.17) is 0 Å². The molecule has 3 rings (SSSR count). The van der Waals surface area contributed by atoms with Gasteiger partial charge in [-0.2, -0.15) is 10.2 Å². The number of carbonyl (C=O) groups excluding carboxylic acids is 1. The Bertz CT molecular complexity index is 900. The molecular weight excluding hydrogens is 337 g/mol. The maximum Gasteiger partial charge on any atom is 0.224 e. The van der Waals surface area contributed by atoms with Crippen molar-refractivity contribution < 1.29 is 14.3 Å². The van der Waals surface area contributed by atoms with Gasteiger partial charge in [-0.25, -0.2) is 4.39 Å². The Balaban J connectivity index is 1.68. The summed E-state index contributed by atoms with van der Waals surface area (Å²) in [7, 11) is 1.86. The number of benzene rings is 1. The summed E-state index contributed by atoms with van der Waals surface area (Å²) in [6, 6.07) is 6.01. The molecule has 0 atom stereocenters. The fraction of sp³-hybridized carbons (Fsp3) is 0.389. The summed E-state index contributed by atoms with van der Waals surface area (Å²) >= 11 is 0. The molecule has 0 saturated carbocycles. The fourth-order valence-corrected chi connectivity index (χ4v) is 3.06. The third kappa shape index (κ3) is 3.75. The first-order valence-electron chi connectivity index (χ1n) is 8.48. The summed E-state index contributed by atoms with van der Waals surface area (Å²) in [5.41, 5.74) is 3.53. The van der Waals surface area contributed by atoms with Crippen molar-refractivity contribution in [3.63, 3.8) is 0 Å². The van der Waals surface area contributed by atoms with Gasteiger partial charge in [-0.05, 0) is 24.6 Å². The van der Waals surface area contributed by atoms with Crippen LogP contribution in [0.2, 0.25) is 0 Å². The lowest BCUT2D eigenvalue weighted by molar-refractivity contribution is -0.132. The molecule has 0 spiro atoms. The van der Waals surface area contributed by atoms with Crippen LogP contribution in [0.1, 0.15) is 17.7 Å². The number of carbonyl (C=O) groups is 1. The number of aromatic nitrogens is 4. The number of nitrogens with zero attached hydrogens (tertiary/aromatic N) is 5. The molecule has 1 amide bonds. The number of fused-ring (bicyclic) bond motifs is 1. The van der Waals surface area contributed by atoms with Gasteiger partial charge >= 0.3 is 0 Å². The summed E-state index contributed by atoms with van der Waals surface area (Å²) < 4.78 is 16.6. The number of aliphatic hydroxyl groups is 1. The van der Waals surface area contributed by atoms with Gasteiger partial charge in [0.1, 0.15) is 16.9 Å². The Morgan fingerprint density at radius 3 is 2.73 bits per heavy atom. The monoisotopic (exact) mass is 359 g/mol. The Hall–Kier alpha value is -2.74. The predicted octanol–water partition coefficient (Wildman–Crippen LogP) is 1.63. The Morgan fingerprint density at radius 1 is 1.31 bits per heavy atom. The van der Waals surface area contributed by atoms with Crippen LogP contribution in [0.3, 0.4) is 0 Å². The van der Waals surface area contributed by atoms with Crippen molar-refractivity contribution in [1.82, 2.24) is 24.5 Å². The SMILES string of the molecule is Cc1nn(C)c2cnn(CCC(=O)N(CCO)Cc3ccc(F)cc3)c12. The van der Waals surface area contributed by atoms with E-state index < -0.39 is 0 Å². The van der Waals surface area contributed by atoms with Gasteiger partial charge in [0, 0.05) is 26.6 Å². The highest BCUT2D eigenvalue weighted by atomic mass is 19.1. The summed E-state index contributed by atoms with van der Waals surface area (Å²) in [6.07, 6.45) is 2.00. The second-order valence-corrected chi connectivity index (χ2v) is 6.23. The number of aryl methyl sites for hydroxylation is 3. The van der Waals surface area contributed by atoms with Crippen LogP contribution in [-0.2, 0) is 24.9 Å². The molecule has 26 heavy (non-hydrogen) atoms. The number of aliphatic hydroxyl groups excluding tert-OH is 1. The van der Waals surface area contributed by atoms with E-state index in [1.165, 1.54) is 12.1 Å². The molecule has 0 aliphatic heterocycles. The molecule has 2 heterocycles. The lowest BCUT2D eigenvalue weighted by atomic mass is 10.2. The fourth-order valence-electron chi connectivity index (χ4n) is 3.06. The van der Waals surface area contributed by atoms with E-state index in [2.05, 4.69) is 10.2 Å². The first-order chi connectivity index (χ1) is 12.5. The third-order valence-electron chi connectivity index (χ3n) is 4.36. The van der Waals surface area contributed by atoms with E-state index in [1.54, 1.807) is 32.6 Å². The van der Waals surface area contributed by atoms with Crippen LogP contribution in [0, 0.1) is 12.7 Å². The first kappa shape index (κ1) is 18.1. The molecule has 0 fully saturated rings. The minimum absolute atomic E-state index is 0.0893. The summed E-state index contributed by atoms with van der Waals surface area (Å²) in [4.78, 5) is 14.2. The van der Waals surface area contributed by atoms with Gasteiger partial charge in [0.05, 0.1) is 25.0 Å². The predicted molar refractivity (Wildman–Crippen MR) is 94.8 cm³/mol. The van der Waals surface area contributed by atoms with Crippen LogP contribution in [0.15, 0.2) is 30.5 Å². The van der Waals surface area contributed by atoms with Crippen LogP contribution < -0.4 is 0 Å². The maximum absolute atomic E-state index is 13.0. The van der Waals surface area contributed by atoms with Gasteiger partial charge in [0.25, 0.3) is 0 Å². The van der Waals surface area contributed by atoms with Gasteiger partial charge in [-0.15, -0.1) is 0 Å². The number of rotatable bonds is 7. The van der Waals surface area contributed by atoms with Crippen molar-refractivity contribution in [2.45, 2.75) is 26.4 Å². The van der Waals surface area contributed by atoms with Crippen molar-refractivity contribution in [3.05, 3.63) is 47.5 Å². The molecule has 2 aromatic heterocycles. The zero-order valence-corrected chi connectivity index (χ0v) is 14.9. The normalized spacial score (nSPS) is 11.2. The lowest BCUT2D eigenvalue weighted by Gasteiger charge is -2.22. The molecule has 138 valence electrons. The van der Waals surface area contributed by atoms with E-state index in [0.29, 0.717) is 13.1 Å². The lowest BCUT2D eigenvalue weighted by Crippen LogP contribution is -2.33. The second-order valence-electron chi connectivity index (χ2n) is 6.23. The molecule has 0 unspecified atom stereocenters. The molecule has 0 saturated heterocycles. The van der Waals surface area contributed by atoms with Crippen LogP contribution in [0.4, 0.5) is 4.39 Å². The highest BCUT2D eigenvalue weighted by Gasteiger charge is 2.16. The summed E-state index contributed by atoms with van der Waals surface area (Å²) in [6.45, 7) is 2.78. The smallest absolute Gasteiger partial charge is 0.224 e. The van der Waals surface area contributed by atoms with Gasteiger partial charge in [-0.3, -0.25) is 14.2 Å². The summed E-state index contributed by atoms with van der Waals surface area (Å²) in [5, 5.41) is 18.0. The molecule has 1 aromatic carbocycles. The second kappa shape index (κ2) is 7.65. The van der Waals surface area contributed by atoms with Gasteiger partial charge in [-0.1, -0.05) is 12.1 Å². The number of hydrogen-bond donors (Lipinski definition) is 1. The van der Waals surface area contributed by atoms with Crippen LogP contribution in [0.5, 0.6) is 0 Å².